The van der Waals surface area contributed by atoms with Crippen LogP contribution in [-0.4, -0.2) is 18.3 Å². The van der Waals surface area contributed by atoms with E-state index in [1.807, 2.05) is 0 Å². The number of nitrogens with zero attached hydrogens (tertiary/aromatic N) is 1. The van der Waals surface area contributed by atoms with Crippen molar-refractivity contribution in [1.29, 1.82) is 0 Å². The number of rotatable bonds is 0. The maximum absolute atomic E-state index is 4.30. The molecule has 8 heavy (non-hydrogen) atoms. The van der Waals surface area contributed by atoms with Crippen LogP contribution < -0.4 is 0 Å². The van der Waals surface area contributed by atoms with Crippen molar-refractivity contribution < 1.29 is 20.4 Å². The monoisotopic (exact) mass is 303 g/mol. The van der Waals surface area contributed by atoms with Crippen LogP contribution in [0.3, 0.4) is 0 Å². The molecule has 0 amide bonds. The van der Waals surface area contributed by atoms with Crippen molar-refractivity contribution in [1.82, 2.24) is 0 Å². The molecule has 1 aliphatic heterocycles. The average molecular weight is 302 g/mol. The Bertz CT molecular complexity index is 54.4. The second kappa shape index (κ2) is 4.81. The zero-order chi connectivity index (χ0) is 5.11. The predicted octanol–water partition coefficient (Wildman–Crippen LogP) is 1.45. The minimum absolute atomic E-state index is 0. The van der Waals surface area contributed by atoms with Gasteiger partial charge < -0.3 is 5.32 Å². The van der Waals surface area contributed by atoms with E-state index >= 15 is 0 Å². The van der Waals surface area contributed by atoms with Crippen molar-refractivity contribution in [3.05, 3.63) is 5.32 Å². The van der Waals surface area contributed by atoms with E-state index in [0.29, 0.717) is 5.25 Å². The van der Waals surface area contributed by atoms with E-state index in [2.05, 4.69) is 17.9 Å². The molecule has 1 fully saturated rings. The summed E-state index contributed by atoms with van der Waals surface area (Å²) in [6.07, 6.45) is 2.37. The molecule has 0 unspecified atom stereocenters. The molecule has 1 saturated heterocycles. The Morgan fingerprint density at radius 1 is 1.25 bits per heavy atom. The summed E-state index contributed by atoms with van der Waals surface area (Å²) in [5.41, 5.74) is 0. The Kier molecular flexibility index (Phi) is 5.40. The van der Waals surface area contributed by atoms with Gasteiger partial charge in [0.2, 0.25) is 0 Å². The Hall–Kier alpha value is 0.972. The van der Waals surface area contributed by atoms with Gasteiger partial charge in [-0.15, -0.1) is 13.1 Å². The van der Waals surface area contributed by atoms with Gasteiger partial charge >= 0.3 is 0 Å². The van der Waals surface area contributed by atoms with Crippen LogP contribution in [0.25, 0.3) is 5.32 Å². The Balaban J connectivity index is 0.000000490. The Labute approximate surface area is 69.7 Å². The maximum Gasteiger partial charge on any atom is 0 e. The molecule has 0 spiro atoms. The van der Waals surface area contributed by atoms with Crippen molar-refractivity contribution in [3.63, 3.8) is 0 Å². The first-order chi connectivity index (χ1) is 3.39. The molecule has 1 aliphatic rings. The quantitative estimate of drug-likeness (QED) is 0.651. The standard InChI is InChI=1S/C5H10NS.Re/c7-5-1-3-6-4-2-5;/h5,7H,1-4H2;/q-1;. The van der Waals surface area contributed by atoms with Crippen LogP contribution in [0.2, 0.25) is 0 Å². The van der Waals surface area contributed by atoms with Crippen LogP contribution in [0.1, 0.15) is 12.8 Å². The van der Waals surface area contributed by atoms with Crippen molar-refractivity contribution in [3.8, 4) is 0 Å². The van der Waals surface area contributed by atoms with E-state index in [1.165, 1.54) is 12.8 Å². The van der Waals surface area contributed by atoms with Crippen LogP contribution in [-0.2, 0) is 20.4 Å². The number of piperidine rings is 1. The molecule has 1 radical (unpaired) electrons. The first-order valence-corrected chi connectivity index (χ1v) is 3.22. The summed E-state index contributed by atoms with van der Waals surface area (Å²) >= 11 is 4.30. The molecule has 0 saturated carbocycles. The van der Waals surface area contributed by atoms with Crippen LogP contribution in [0, 0.1) is 0 Å². The first kappa shape index (κ1) is 8.97. The van der Waals surface area contributed by atoms with Crippen molar-refractivity contribution >= 4 is 12.6 Å². The number of thiol groups is 1. The van der Waals surface area contributed by atoms with Crippen LogP contribution in [0.5, 0.6) is 0 Å². The van der Waals surface area contributed by atoms with Gasteiger partial charge in [-0.2, -0.15) is 12.6 Å². The normalized spacial score (nSPS) is 22.1. The van der Waals surface area contributed by atoms with Gasteiger partial charge in [-0.3, -0.25) is 0 Å². The summed E-state index contributed by atoms with van der Waals surface area (Å²) in [5.74, 6) is 0. The molecule has 1 heterocycles. The third-order valence-electron chi connectivity index (χ3n) is 1.24. The summed E-state index contributed by atoms with van der Waals surface area (Å²) in [6, 6.07) is 0. The van der Waals surface area contributed by atoms with E-state index < -0.39 is 0 Å². The van der Waals surface area contributed by atoms with Crippen molar-refractivity contribution in [2.24, 2.45) is 0 Å². The molecule has 0 atom stereocenters. The molecular formula is C5H10NReS-. The van der Waals surface area contributed by atoms with Gasteiger partial charge in [-0.1, -0.05) is 12.8 Å². The van der Waals surface area contributed by atoms with Crippen LogP contribution >= 0.6 is 12.6 Å². The summed E-state index contributed by atoms with van der Waals surface area (Å²) < 4.78 is 0. The molecule has 0 aromatic rings. The minimum Gasteiger partial charge on any atom is -0.662 e. The van der Waals surface area contributed by atoms with Gasteiger partial charge in [0.1, 0.15) is 0 Å². The SMILES string of the molecule is SC1CC[N-]CC1.[Re]. The van der Waals surface area contributed by atoms with E-state index in [0.717, 1.165) is 13.1 Å². The van der Waals surface area contributed by atoms with Gasteiger partial charge in [-0.05, 0) is 5.25 Å². The largest absolute Gasteiger partial charge is 0.662 e. The molecule has 3 heteroatoms. The summed E-state index contributed by atoms with van der Waals surface area (Å²) in [7, 11) is 0. The zero-order valence-electron chi connectivity index (χ0n) is 4.68. The number of hydrogen-bond acceptors (Lipinski definition) is 1. The van der Waals surface area contributed by atoms with Crippen molar-refractivity contribution in [2.75, 3.05) is 13.1 Å². The fourth-order valence-corrected chi connectivity index (χ4v) is 0.968. The second-order valence-corrected chi connectivity index (χ2v) is 2.63. The third kappa shape index (κ3) is 3.09. The van der Waals surface area contributed by atoms with Gasteiger partial charge in [0.25, 0.3) is 0 Å². The summed E-state index contributed by atoms with van der Waals surface area (Å²) in [5, 5.41) is 4.82. The summed E-state index contributed by atoms with van der Waals surface area (Å²) in [4.78, 5) is 0. The maximum atomic E-state index is 4.30. The van der Waals surface area contributed by atoms with Crippen LogP contribution in [0.4, 0.5) is 0 Å². The van der Waals surface area contributed by atoms with E-state index in [4.69, 9.17) is 0 Å². The molecule has 0 aromatic carbocycles. The smallest absolute Gasteiger partial charge is 0 e. The third-order valence-corrected chi connectivity index (χ3v) is 1.76. The molecule has 1 rings (SSSR count). The molecule has 0 aromatic heterocycles. The molecule has 1 nitrogen and oxygen atoms in total. The van der Waals surface area contributed by atoms with Crippen LogP contribution in [0.15, 0.2) is 0 Å². The van der Waals surface area contributed by atoms with Gasteiger partial charge in [0.15, 0.2) is 0 Å². The fourth-order valence-electron chi connectivity index (χ4n) is 0.737. The summed E-state index contributed by atoms with van der Waals surface area (Å²) in [6.45, 7) is 2.07. The molecular weight excluding hydrogens is 292 g/mol. The molecule has 0 aliphatic carbocycles. The Morgan fingerprint density at radius 3 is 2.00 bits per heavy atom. The Morgan fingerprint density at radius 2 is 1.75 bits per heavy atom. The second-order valence-electron chi connectivity index (χ2n) is 1.90. The molecule has 0 bridgehead atoms. The predicted molar refractivity (Wildman–Crippen MR) is 35.1 cm³/mol. The molecule has 0 N–H and O–H groups in total. The van der Waals surface area contributed by atoms with E-state index in [1.54, 1.807) is 0 Å². The topological polar surface area (TPSA) is 14.1 Å². The van der Waals surface area contributed by atoms with E-state index in [-0.39, 0.29) is 20.4 Å². The van der Waals surface area contributed by atoms with Crippen molar-refractivity contribution in [2.45, 2.75) is 18.1 Å². The number of hydrogen-bond donors (Lipinski definition) is 1. The van der Waals surface area contributed by atoms with Gasteiger partial charge in [0, 0.05) is 20.4 Å². The van der Waals surface area contributed by atoms with E-state index in [9.17, 15) is 0 Å². The fraction of sp³-hybridized carbons (Fsp3) is 1.00. The van der Waals surface area contributed by atoms with Gasteiger partial charge in [-0.25, -0.2) is 0 Å². The van der Waals surface area contributed by atoms with Gasteiger partial charge in [0.05, 0.1) is 0 Å². The first-order valence-electron chi connectivity index (χ1n) is 2.71. The average Bonchev–Trinajstić information content (AvgIpc) is 1.69. The molecule has 49 valence electrons. The zero-order valence-corrected chi connectivity index (χ0v) is 8.29. The minimum atomic E-state index is 0.